The molecule has 1 aliphatic carbocycles. The van der Waals surface area contributed by atoms with E-state index in [-0.39, 0.29) is 0 Å². The van der Waals surface area contributed by atoms with Crippen LogP contribution < -0.4 is 0 Å². The lowest BCUT2D eigenvalue weighted by molar-refractivity contribution is 0.740. The highest BCUT2D eigenvalue weighted by Gasteiger charge is 2.11. The first-order chi connectivity index (χ1) is 4.83. The summed E-state index contributed by atoms with van der Waals surface area (Å²) in [5, 5.41) is 1.90. The second-order valence-corrected chi connectivity index (χ2v) is 4.57. The predicted octanol–water partition coefficient (Wildman–Crippen LogP) is 3.41. The Morgan fingerprint density at radius 1 is 1.80 bits per heavy atom. The third-order valence-electron chi connectivity index (χ3n) is 1.71. The van der Waals surface area contributed by atoms with Gasteiger partial charge in [-0.25, -0.2) is 0 Å². The Bertz CT molecular complexity index is 131. The van der Waals surface area contributed by atoms with Crippen LogP contribution in [0.2, 0.25) is 0 Å². The number of halogens is 1. The maximum atomic E-state index is 5.83. The van der Waals surface area contributed by atoms with Crippen molar-refractivity contribution in [1.82, 2.24) is 0 Å². The van der Waals surface area contributed by atoms with Gasteiger partial charge in [0.2, 0.25) is 0 Å². The summed E-state index contributed by atoms with van der Waals surface area (Å²) in [5.41, 5.74) is 0. The van der Waals surface area contributed by atoms with Crippen LogP contribution >= 0.6 is 23.4 Å². The molecule has 1 rings (SSSR count). The minimum Gasteiger partial charge on any atom is -0.159 e. The summed E-state index contributed by atoms with van der Waals surface area (Å²) in [7, 11) is 0. The van der Waals surface area contributed by atoms with Gasteiger partial charge in [-0.1, -0.05) is 24.6 Å². The van der Waals surface area contributed by atoms with Gasteiger partial charge < -0.3 is 0 Å². The summed E-state index contributed by atoms with van der Waals surface area (Å²) in [6, 6.07) is 0. The number of hydrogen-bond donors (Lipinski definition) is 0. The molecule has 0 saturated heterocycles. The van der Waals surface area contributed by atoms with Gasteiger partial charge >= 0.3 is 0 Å². The van der Waals surface area contributed by atoms with Crippen molar-refractivity contribution >= 4 is 23.4 Å². The normalized spacial score (nSPS) is 26.2. The fraction of sp³-hybridized carbons (Fsp3) is 0.750. The minimum atomic E-state index is 0.840. The second kappa shape index (κ2) is 4.30. The smallest absolute Gasteiger partial charge is 0.0142 e. The van der Waals surface area contributed by atoms with Crippen molar-refractivity contribution in [1.29, 1.82) is 0 Å². The van der Waals surface area contributed by atoms with Crippen LogP contribution in [0.1, 0.15) is 26.2 Å². The largest absolute Gasteiger partial charge is 0.159 e. The Morgan fingerprint density at radius 2 is 2.60 bits per heavy atom. The number of hydrogen-bond acceptors (Lipinski definition) is 1. The van der Waals surface area contributed by atoms with E-state index in [1.165, 1.54) is 18.6 Å². The van der Waals surface area contributed by atoms with Gasteiger partial charge in [0.15, 0.2) is 0 Å². The van der Waals surface area contributed by atoms with Crippen LogP contribution in [0.5, 0.6) is 0 Å². The van der Waals surface area contributed by atoms with E-state index in [0.717, 1.165) is 16.7 Å². The molecule has 1 unspecified atom stereocenters. The highest BCUT2D eigenvalue weighted by Crippen LogP contribution is 2.28. The molecule has 0 saturated carbocycles. The van der Waals surface area contributed by atoms with Crippen molar-refractivity contribution in [3.05, 3.63) is 11.1 Å². The summed E-state index contributed by atoms with van der Waals surface area (Å²) < 4.78 is 0. The zero-order valence-corrected chi connectivity index (χ0v) is 7.84. The molecule has 1 aliphatic rings. The second-order valence-electron chi connectivity index (χ2n) is 2.50. The molecule has 0 aromatic rings. The number of thioether (sulfide) groups is 1. The van der Waals surface area contributed by atoms with E-state index in [0.29, 0.717) is 0 Å². The first-order valence-corrected chi connectivity index (χ1v) is 5.21. The fourth-order valence-corrected chi connectivity index (χ4v) is 2.35. The van der Waals surface area contributed by atoms with Crippen LogP contribution in [-0.2, 0) is 0 Å². The molecule has 0 radical (unpaired) electrons. The van der Waals surface area contributed by atoms with Crippen molar-refractivity contribution < 1.29 is 0 Å². The Balaban J connectivity index is 2.27. The van der Waals surface area contributed by atoms with E-state index in [1.54, 1.807) is 0 Å². The lowest BCUT2D eigenvalue weighted by atomic mass is 10.1. The molecule has 1 atom stereocenters. The van der Waals surface area contributed by atoms with Gasteiger partial charge in [-0.3, -0.25) is 0 Å². The van der Waals surface area contributed by atoms with Crippen LogP contribution in [0.25, 0.3) is 0 Å². The fourth-order valence-electron chi connectivity index (χ4n) is 1.17. The molecule has 0 N–H and O–H groups in total. The summed E-state index contributed by atoms with van der Waals surface area (Å²) in [5.74, 6) is 1.23. The standard InChI is InChI=1S/C8H13ClS/c1-2-10-8-5-3-7(9)4-6-8/h3,8H,2,4-6H2,1H3. The minimum absolute atomic E-state index is 0.840. The zero-order valence-electron chi connectivity index (χ0n) is 6.27. The molecule has 0 fully saturated rings. The number of rotatable bonds is 2. The van der Waals surface area contributed by atoms with Crippen LogP contribution in [0, 0.1) is 0 Å². The van der Waals surface area contributed by atoms with Crippen molar-refractivity contribution in [3.8, 4) is 0 Å². The predicted molar refractivity (Wildman–Crippen MR) is 49.7 cm³/mol. The lowest BCUT2D eigenvalue weighted by Crippen LogP contribution is -2.05. The van der Waals surface area contributed by atoms with Gasteiger partial charge in [0.05, 0.1) is 0 Å². The zero-order chi connectivity index (χ0) is 7.40. The lowest BCUT2D eigenvalue weighted by Gasteiger charge is -2.17. The maximum Gasteiger partial charge on any atom is 0.0142 e. The van der Waals surface area contributed by atoms with Crippen molar-refractivity contribution in [2.75, 3.05) is 5.75 Å². The third kappa shape index (κ3) is 2.55. The molecule has 0 spiro atoms. The monoisotopic (exact) mass is 176 g/mol. The van der Waals surface area contributed by atoms with Gasteiger partial charge in [-0.15, -0.1) is 0 Å². The molecule has 0 heterocycles. The van der Waals surface area contributed by atoms with E-state index < -0.39 is 0 Å². The topological polar surface area (TPSA) is 0 Å². The molecule has 10 heavy (non-hydrogen) atoms. The summed E-state index contributed by atoms with van der Waals surface area (Å²) in [6.45, 7) is 2.21. The van der Waals surface area contributed by atoms with Crippen molar-refractivity contribution in [2.24, 2.45) is 0 Å². The van der Waals surface area contributed by atoms with Crippen molar-refractivity contribution in [2.45, 2.75) is 31.4 Å². The van der Waals surface area contributed by atoms with E-state index in [9.17, 15) is 0 Å². The van der Waals surface area contributed by atoms with Gasteiger partial charge in [-0.2, -0.15) is 11.8 Å². The quantitative estimate of drug-likeness (QED) is 0.622. The van der Waals surface area contributed by atoms with Gasteiger partial charge in [0, 0.05) is 10.3 Å². The Morgan fingerprint density at radius 3 is 3.10 bits per heavy atom. The molecule has 0 bridgehead atoms. The van der Waals surface area contributed by atoms with Crippen LogP contribution in [0.15, 0.2) is 11.1 Å². The molecule has 58 valence electrons. The summed E-state index contributed by atoms with van der Waals surface area (Å²) >= 11 is 7.88. The highest BCUT2D eigenvalue weighted by atomic mass is 35.5. The molecule has 0 aromatic carbocycles. The first-order valence-electron chi connectivity index (χ1n) is 3.79. The van der Waals surface area contributed by atoms with Gasteiger partial charge in [0.1, 0.15) is 0 Å². The van der Waals surface area contributed by atoms with E-state index in [2.05, 4.69) is 24.8 Å². The average Bonchev–Trinajstić information content (AvgIpc) is 1.95. The summed E-state index contributed by atoms with van der Waals surface area (Å²) in [6.07, 6.45) is 5.71. The highest BCUT2D eigenvalue weighted by molar-refractivity contribution is 7.99. The molecule has 0 aromatic heterocycles. The van der Waals surface area contributed by atoms with E-state index in [1.807, 2.05) is 0 Å². The molecule has 0 nitrogen and oxygen atoms in total. The average molecular weight is 177 g/mol. The Labute approximate surface area is 72.0 Å². The van der Waals surface area contributed by atoms with E-state index >= 15 is 0 Å². The van der Waals surface area contributed by atoms with Crippen LogP contribution in [-0.4, -0.2) is 11.0 Å². The maximum absolute atomic E-state index is 5.83. The molecular weight excluding hydrogens is 164 g/mol. The third-order valence-corrected chi connectivity index (χ3v) is 3.29. The molecular formula is C8H13ClS. The summed E-state index contributed by atoms with van der Waals surface area (Å²) in [4.78, 5) is 0. The van der Waals surface area contributed by atoms with E-state index in [4.69, 9.17) is 11.6 Å². The Kier molecular flexibility index (Phi) is 3.64. The molecule has 2 heteroatoms. The van der Waals surface area contributed by atoms with Crippen molar-refractivity contribution in [3.63, 3.8) is 0 Å². The SMILES string of the molecule is CCSC1CC=C(Cl)CC1. The first kappa shape index (κ1) is 8.48. The molecule has 0 amide bonds. The van der Waals surface area contributed by atoms with Crippen LogP contribution in [0.3, 0.4) is 0 Å². The Hall–Kier alpha value is 0.380. The van der Waals surface area contributed by atoms with Gasteiger partial charge in [-0.05, 0) is 25.0 Å². The van der Waals surface area contributed by atoms with Crippen LogP contribution in [0.4, 0.5) is 0 Å². The van der Waals surface area contributed by atoms with Gasteiger partial charge in [0.25, 0.3) is 0 Å². The number of allylic oxidation sites excluding steroid dienone is 2. The molecule has 0 aliphatic heterocycles.